The van der Waals surface area contributed by atoms with Crippen LogP contribution in [0, 0.1) is 5.41 Å². The van der Waals surface area contributed by atoms with Gasteiger partial charge in [-0.15, -0.1) is 0 Å². The van der Waals surface area contributed by atoms with Crippen LogP contribution in [0.15, 0.2) is 0 Å². The van der Waals surface area contributed by atoms with Gasteiger partial charge in [0.15, 0.2) is 0 Å². The number of hydrogen-bond donors (Lipinski definition) is 0. The van der Waals surface area contributed by atoms with Crippen molar-refractivity contribution in [2.75, 3.05) is 0 Å². The van der Waals surface area contributed by atoms with E-state index in [1.54, 1.807) is 0 Å². The minimum absolute atomic E-state index is 0.0740. The molecule has 0 aromatic heterocycles. The predicted octanol–water partition coefficient (Wildman–Crippen LogP) is 4.54. The number of esters is 1. The van der Waals surface area contributed by atoms with Crippen LogP contribution in [0.2, 0.25) is 0 Å². The molecule has 1 rings (SSSR count). The third-order valence-corrected chi connectivity index (χ3v) is 3.41. The molecule has 1 saturated carbocycles. The van der Waals surface area contributed by atoms with Crippen molar-refractivity contribution in [2.24, 2.45) is 5.41 Å². The summed E-state index contributed by atoms with van der Waals surface area (Å²) in [4.78, 5) is 11.3. The van der Waals surface area contributed by atoms with Gasteiger partial charge in [-0.2, -0.15) is 39.5 Å². The molecule has 0 aromatic rings. The normalized spacial score (nSPS) is 19.1. The van der Waals surface area contributed by atoms with Gasteiger partial charge in [0.2, 0.25) is 0 Å². The average molecular weight is 346 g/mol. The fourth-order valence-corrected chi connectivity index (χ4v) is 2.25. The Morgan fingerprint density at radius 3 is 1.41 bits per heavy atom. The van der Waals surface area contributed by atoms with Crippen LogP contribution in [0.25, 0.3) is 0 Å². The molecule has 130 valence electrons. The average Bonchev–Trinajstić information content (AvgIpc) is 2.24. The van der Waals surface area contributed by atoms with E-state index in [0.717, 1.165) is 0 Å². The molecule has 0 N–H and O–H groups in total. The van der Waals surface area contributed by atoms with Gasteiger partial charge < -0.3 is 4.74 Å². The van der Waals surface area contributed by atoms with E-state index < -0.39 is 36.0 Å². The Hall–Kier alpha value is -1.16. The number of rotatable bonds is 2. The van der Waals surface area contributed by atoms with E-state index in [4.69, 9.17) is 0 Å². The van der Waals surface area contributed by atoms with Crippen LogP contribution in [0.1, 0.15) is 32.1 Å². The highest BCUT2D eigenvalue weighted by Crippen LogP contribution is 2.60. The molecule has 0 aromatic carbocycles. The van der Waals surface area contributed by atoms with Crippen LogP contribution in [0.5, 0.6) is 0 Å². The summed E-state index contributed by atoms with van der Waals surface area (Å²) in [5, 5.41) is 0. The van der Waals surface area contributed by atoms with Crippen LogP contribution in [0.3, 0.4) is 0 Å². The van der Waals surface area contributed by atoms with E-state index in [1.807, 2.05) is 0 Å². The highest BCUT2D eigenvalue weighted by atomic mass is 19.4. The molecular formula is C11H11F9O2. The molecule has 2 nitrogen and oxygen atoms in total. The van der Waals surface area contributed by atoms with Gasteiger partial charge >= 0.3 is 29.9 Å². The van der Waals surface area contributed by atoms with Crippen LogP contribution in [-0.4, -0.2) is 30.6 Å². The van der Waals surface area contributed by atoms with Crippen LogP contribution in [0.4, 0.5) is 39.5 Å². The fraction of sp³-hybridized carbons (Fsp3) is 0.909. The lowest BCUT2D eigenvalue weighted by molar-refractivity contribution is -0.412. The highest BCUT2D eigenvalue weighted by molar-refractivity contribution is 5.80. The number of ether oxygens (including phenoxy) is 1. The summed E-state index contributed by atoms with van der Waals surface area (Å²) in [6.07, 6.45) is -21.0. The zero-order valence-corrected chi connectivity index (χ0v) is 10.8. The molecule has 22 heavy (non-hydrogen) atoms. The van der Waals surface area contributed by atoms with Crippen molar-refractivity contribution >= 4 is 5.97 Å². The fourth-order valence-electron chi connectivity index (χ4n) is 2.25. The molecule has 0 amide bonds. The number of hydrogen-bond acceptors (Lipinski definition) is 2. The van der Waals surface area contributed by atoms with E-state index in [-0.39, 0.29) is 12.8 Å². The maximum absolute atomic E-state index is 12.6. The van der Waals surface area contributed by atoms with E-state index >= 15 is 0 Å². The second-order valence-electron chi connectivity index (χ2n) is 4.91. The lowest BCUT2D eigenvalue weighted by Gasteiger charge is -2.37. The minimum Gasteiger partial charge on any atom is -0.461 e. The van der Waals surface area contributed by atoms with Gasteiger partial charge in [-0.1, -0.05) is 6.42 Å². The molecule has 0 aliphatic heterocycles. The predicted molar refractivity (Wildman–Crippen MR) is 53.6 cm³/mol. The summed E-state index contributed by atoms with van der Waals surface area (Å²) in [7, 11) is 0. The van der Waals surface area contributed by atoms with Gasteiger partial charge in [0.25, 0.3) is 0 Å². The van der Waals surface area contributed by atoms with Crippen molar-refractivity contribution in [3.63, 3.8) is 0 Å². The van der Waals surface area contributed by atoms with E-state index in [9.17, 15) is 44.3 Å². The Labute approximate surface area is 118 Å². The van der Waals surface area contributed by atoms with Gasteiger partial charge in [0.1, 0.15) is 6.10 Å². The second kappa shape index (κ2) is 5.80. The number of alkyl halides is 9. The summed E-state index contributed by atoms with van der Waals surface area (Å²) < 4.78 is 118. The van der Waals surface area contributed by atoms with Gasteiger partial charge in [-0.05, 0) is 25.7 Å². The first-order chi connectivity index (χ1) is 9.75. The summed E-state index contributed by atoms with van der Waals surface area (Å²) in [6, 6.07) is 0. The van der Waals surface area contributed by atoms with Crippen molar-refractivity contribution in [2.45, 2.75) is 56.7 Å². The number of carbonyl (C=O) groups excluding carboxylic acids is 1. The Bertz CT molecular complexity index is 365. The molecule has 0 radical (unpaired) electrons. The summed E-state index contributed by atoms with van der Waals surface area (Å²) >= 11 is 0. The van der Waals surface area contributed by atoms with Crippen LogP contribution in [-0.2, 0) is 9.53 Å². The van der Waals surface area contributed by atoms with Gasteiger partial charge in [-0.3, -0.25) is 4.79 Å². The van der Waals surface area contributed by atoms with E-state index in [2.05, 4.69) is 4.74 Å². The van der Waals surface area contributed by atoms with Crippen molar-refractivity contribution in [3.05, 3.63) is 0 Å². The molecule has 11 heteroatoms. The van der Waals surface area contributed by atoms with Gasteiger partial charge in [0, 0.05) is 0 Å². The Kier molecular flexibility index (Phi) is 4.98. The SMILES string of the molecule is O=C(OC1CCCCC1)C(C(F)(F)F)(C(F)(F)F)C(F)(F)F. The number of carbonyl (C=O) groups is 1. The maximum atomic E-state index is 12.6. The molecule has 1 aliphatic rings. The largest absolute Gasteiger partial charge is 0.461 e. The summed E-state index contributed by atoms with van der Waals surface area (Å²) in [5.74, 6) is -3.37. The van der Waals surface area contributed by atoms with Crippen LogP contribution < -0.4 is 0 Å². The Balaban J connectivity index is 3.27. The number of halogens is 9. The molecule has 1 aliphatic carbocycles. The molecule has 0 heterocycles. The Morgan fingerprint density at radius 1 is 0.727 bits per heavy atom. The smallest absolute Gasteiger partial charge is 0.422 e. The molecule has 1 fully saturated rings. The molecule has 0 saturated heterocycles. The monoisotopic (exact) mass is 346 g/mol. The quantitative estimate of drug-likeness (QED) is 0.542. The maximum Gasteiger partial charge on any atom is 0.422 e. The van der Waals surface area contributed by atoms with Crippen LogP contribution >= 0.6 is 0 Å². The summed E-state index contributed by atoms with van der Waals surface area (Å²) in [5.41, 5.74) is -6.54. The zero-order chi connectivity index (χ0) is 17.4. The first kappa shape index (κ1) is 18.9. The van der Waals surface area contributed by atoms with Gasteiger partial charge in [0.05, 0.1) is 0 Å². The summed E-state index contributed by atoms with van der Waals surface area (Å²) in [6.45, 7) is 0. The van der Waals surface area contributed by atoms with Crippen molar-refractivity contribution < 1.29 is 49.0 Å². The lowest BCUT2D eigenvalue weighted by Crippen LogP contribution is -2.65. The Morgan fingerprint density at radius 2 is 1.09 bits per heavy atom. The topological polar surface area (TPSA) is 26.3 Å². The molecule has 0 bridgehead atoms. The van der Waals surface area contributed by atoms with E-state index in [1.165, 1.54) is 0 Å². The lowest BCUT2D eigenvalue weighted by atomic mass is 9.85. The molecule has 0 spiro atoms. The first-order valence-corrected chi connectivity index (χ1v) is 6.16. The standard InChI is InChI=1S/C11H11F9O2/c12-9(13,14)8(10(15,16)17,11(18,19)20)7(21)22-6-4-2-1-3-5-6/h6H,1-5H2. The van der Waals surface area contributed by atoms with E-state index in [0.29, 0.717) is 19.3 Å². The zero-order valence-electron chi connectivity index (χ0n) is 10.8. The van der Waals surface area contributed by atoms with Gasteiger partial charge in [-0.25, -0.2) is 0 Å². The highest BCUT2D eigenvalue weighted by Gasteiger charge is 2.89. The molecule has 0 unspecified atom stereocenters. The second-order valence-corrected chi connectivity index (χ2v) is 4.91. The van der Waals surface area contributed by atoms with Crippen molar-refractivity contribution in [3.8, 4) is 0 Å². The minimum atomic E-state index is -6.92. The molecular weight excluding hydrogens is 335 g/mol. The van der Waals surface area contributed by atoms with Crippen molar-refractivity contribution in [1.29, 1.82) is 0 Å². The third-order valence-electron chi connectivity index (χ3n) is 3.41. The molecule has 0 atom stereocenters. The third kappa shape index (κ3) is 3.12. The van der Waals surface area contributed by atoms with Crippen molar-refractivity contribution in [1.82, 2.24) is 0 Å². The first-order valence-electron chi connectivity index (χ1n) is 6.16.